The van der Waals surface area contributed by atoms with Crippen LogP contribution in [0.1, 0.15) is 64.0 Å². The first kappa shape index (κ1) is 39.1. The molecule has 0 aromatic heterocycles. The van der Waals surface area contributed by atoms with Gasteiger partial charge in [-0.2, -0.15) is 0 Å². The lowest BCUT2D eigenvalue weighted by molar-refractivity contribution is -0.131. The van der Waals surface area contributed by atoms with E-state index in [4.69, 9.17) is 0 Å². The SMILES string of the molecule is C=C(NC(CC)C(=O)N[C@H]1CCCCN(CC(=O)N(C)C)C1)[C@H](CC(C)C)N(C)C(=O)Cc1ccc(NC(=O)Nc2ccccc2C)cc1. The molecule has 3 rings (SSSR count). The molecular formula is C38H57N7O4. The normalized spacial score (nSPS) is 16.1. The van der Waals surface area contributed by atoms with E-state index >= 15 is 0 Å². The van der Waals surface area contributed by atoms with Crippen molar-refractivity contribution in [2.75, 3.05) is 51.4 Å². The van der Waals surface area contributed by atoms with Gasteiger partial charge in [0.1, 0.15) is 6.04 Å². The summed E-state index contributed by atoms with van der Waals surface area (Å²) in [6, 6.07) is 13.6. The Bertz CT molecular complexity index is 1430. The number of aryl methyl sites for hydroxylation is 1. The van der Waals surface area contributed by atoms with Gasteiger partial charge in [0.05, 0.1) is 19.0 Å². The molecule has 0 radical (unpaired) electrons. The standard InChI is InChI=1S/C38H57N7O4/c1-9-32(37(48)40-31-15-12-13-21-45(24-31)25-36(47)43(6)7)39-28(5)34(22-26(2)3)44(8)35(46)23-29-17-19-30(20-18-29)41-38(49)42-33-16-11-10-14-27(33)4/h10-11,14,16-20,26,31-32,34,39H,5,9,12-13,15,21-25H2,1-4,6-8H3,(H,40,48)(H2,41,42,49)/t31-,32?,34-/m0/s1. The summed E-state index contributed by atoms with van der Waals surface area (Å²) in [5.41, 5.74) is 3.77. The number of nitrogens with zero attached hydrogens (tertiary/aromatic N) is 3. The van der Waals surface area contributed by atoms with Crippen LogP contribution in [0, 0.1) is 12.8 Å². The van der Waals surface area contributed by atoms with Crippen LogP contribution in [0.5, 0.6) is 0 Å². The number of benzene rings is 2. The zero-order valence-electron chi connectivity index (χ0n) is 30.5. The third-order valence-electron chi connectivity index (χ3n) is 8.96. The lowest BCUT2D eigenvalue weighted by Gasteiger charge is -2.34. The Labute approximate surface area is 292 Å². The molecule has 0 aliphatic carbocycles. The number of anilines is 2. The van der Waals surface area contributed by atoms with Crippen LogP contribution >= 0.6 is 0 Å². The lowest BCUT2D eigenvalue weighted by atomic mass is 9.98. The van der Waals surface area contributed by atoms with E-state index in [0.717, 1.165) is 42.6 Å². The van der Waals surface area contributed by atoms with Crippen molar-refractivity contribution < 1.29 is 19.2 Å². The van der Waals surface area contributed by atoms with E-state index in [-0.39, 0.29) is 48.2 Å². The average Bonchev–Trinajstić information content (AvgIpc) is 3.28. The zero-order valence-corrected chi connectivity index (χ0v) is 30.5. The van der Waals surface area contributed by atoms with Crippen molar-refractivity contribution in [2.24, 2.45) is 5.92 Å². The van der Waals surface area contributed by atoms with E-state index in [1.807, 2.05) is 50.2 Å². The van der Waals surface area contributed by atoms with Crippen LogP contribution in [-0.2, 0) is 20.8 Å². The molecule has 1 heterocycles. The topological polar surface area (TPSA) is 126 Å². The van der Waals surface area contributed by atoms with E-state index in [1.165, 1.54) is 0 Å². The predicted molar refractivity (Wildman–Crippen MR) is 197 cm³/mol. The highest BCUT2D eigenvalue weighted by Gasteiger charge is 2.29. The Kier molecular flexibility index (Phi) is 15.1. The van der Waals surface area contributed by atoms with Crippen LogP contribution in [-0.4, -0.2) is 97.4 Å². The molecule has 2 aromatic carbocycles. The van der Waals surface area contributed by atoms with Gasteiger partial charge in [-0.25, -0.2) is 4.79 Å². The monoisotopic (exact) mass is 675 g/mol. The minimum atomic E-state index is -0.506. The number of hydrogen-bond donors (Lipinski definition) is 4. The molecule has 3 atom stereocenters. The molecule has 5 amide bonds. The minimum absolute atomic E-state index is 0.0474. The van der Waals surface area contributed by atoms with E-state index in [1.54, 1.807) is 43.1 Å². The van der Waals surface area contributed by atoms with Crippen molar-refractivity contribution in [3.8, 4) is 0 Å². The first-order valence-electron chi connectivity index (χ1n) is 17.4. The van der Waals surface area contributed by atoms with Gasteiger partial charge >= 0.3 is 6.03 Å². The van der Waals surface area contributed by atoms with Crippen molar-refractivity contribution in [2.45, 2.75) is 84.3 Å². The molecule has 1 saturated heterocycles. The Morgan fingerprint density at radius 2 is 1.65 bits per heavy atom. The molecule has 11 nitrogen and oxygen atoms in total. The van der Waals surface area contributed by atoms with Gasteiger partial charge in [0.15, 0.2) is 0 Å². The van der Waals surface area contributed by atoms with Crippen LogP contribution in [0.4, 0.5) is 16.2 Å². The molecule has 49 heavy (non-hydrogen) atoms. The summed E-state index contributed by atoms with van der Waals surface area (Å²) in [6.45, 7) is 14.2. The molecule has 0 spiro atoms. The quantitative estimate of drug-likeness (QED) is 0.211. The number of rotatable bonds is 15. The van der Waals surface area contributed by atoms with Crippen molar-refractivity contribution in [3.05, 3.63) is 71.9 Å². The summed E-state index contributed by atoms with van der Waals surface area (Å²) < 4.78 is 0. The molecule has 0 bridgehead atoms. The summed E-state index contributed by atoms with van der Waals surface area (Å²) in [5, 5.41) is 12.3. The molecule has 268 valence electrons. The highest BCUT2D eigenvalue weighted by Crippen LogP contribution is 2.20. The highest BCUT2D eigenvalue weighted by molar-refractivity contribution is 6.00. The summed E-state index contributed by atoms with van der Waals surface area (Å²) in [5.74, 6) is 0.160. The van der Waals surface area contributed by atoms with E-state index in [2.05, 4.69) is 46.6 Å². The third kappa shape index (κ3) is 12.5. The predicted octanol–water partition coefficient (Wildman–Crippen LogP) is 5.00. The molecule has 1 aliphatic heterocycles. The van der Waals surface area contributed by atoms with Gasteiger partial charge in [0.25, 0.3) is 0 Å². The van der Waals surface area contributed by atoms with Crippen molar-refractivity contribution in [1.29, 1.82) is 0 Å². The van der Waals surface area contributed by atoms with Gasteiger partial charge in [-0.15, -0.1) is 0 Å². The first-order valence-corrected chi connectivity index (χ1v) is 17.4. The fraction of sp³-hybridized carbons (Fsp3) is 0.526. The first-order chi connectivity index (χ1) is 23.3. The molecule has 1 fully saturated rings. The second-order valence-corrected chi connectivity index (χ2v) is 13.8. The Morgan fingerprint density at radius 1 is 0.959 bits per heavy atom. The largest absolute Gasteiger partial charge is 0.376 e. The van der Waals surface area contributed by atoms with Crippen LogP contribution in [0.3, 0.4) is 0 Å². The number of carbonyl (C=O) groups is 4. The Hall–Kier alpha value is -4.38. The molecule has 2 aromatic rings. The number of likely N-dealkylation sites (N-methyl/N-ethyl adjacent to an activating group) is 2. The van der Waals surface area contributed by atoms with Crippen LogP contribution in [0.15, 0.2) is 60.8 Å². The number of hydrogen-bond acceptors (Lipinski definition) is 6. The van der Waals surface area contributed by atoms with Crippen molar-refractivity contribution in [1.82, 2.24) is 25.3 Å². The van der Waals surface area contributed by atoms with Gasteiger partial charge in [0.2, 0.25) is 17.7 Å². The van der Waals surface area contributed by atoms with E-state index in [0.29, 0.717) is 37.3 Å². The minimum Gasteiger partial charge on any atom is -0.376 e. The molecular weight excluding hydrogens is 618 g/mol. The van der Waals surface area contributed by atoms with Gasteiger partial charge in [-0.1, -0.05) is 64.1 Å². The maximum absolute atomic E-state index is 13.5. The fourth-order valence-electron chi connectivity index (χ4n) is 5.95. The number of nitrogens with one attached hydrogen (secondary N) is 4. The summed E-state index contributed by atoms with van der Waals surface area (Å²) >= 11 is 0. The van der Waals surface area contributed by atoms with Gasteiger partial charge in [0, 0.05) is 50.8 Å². The van der Waals surface area contributed by atoms with Gasteiger partial charge in [-0.3, -0.25) is 19.3 Å². The van der Waals surface area contributed by atoms with Gasteiger partial charge < -0.3 is 31.1 Å². The third-order valence-corrected chi connectivity index (χ3v) is 8.96. The van der Waals surface area contributed by atoms with Crippen molar-refractivity contribution in [3.63, 3.8) is 0 Å². The van der Waals surface area contributed by atoms with E-state index in [9.17, 15) is 19.2 Å². The number of para-hydroxylation sites is 1. The maximum atomic E-state index is 13.5. The molecule has 0 saturated carbocycles. The Balaban J connectivity index is 1.58. The smallest absolute Gasteiger partial charge is 0.323 e. The average molecular weight is 676 g/mol. The second-order valence-electron chi connectivity index (χ2n) is 13.8. The Morgan fingerprint density at radius 3 is 2.29 bits per heavy atom. The molecule has 11 heteroatoms. The summed E-state index contributed by atoms with van der Waals surface area (Å²) in [6.07, 6.45) is 4.25. The summed E-state index contributed by atoms with van der Waals surface area (Å²) in [4.78, 5) is 57.3. The van der Waals surface area contributed by atoms with Crippen molar-refractivity contribution >= 4 is 35.1 Å². The number of carbonyl (C=O) groups excluding carboxylic acids is 4. The second kappa shape index (κ2) is 19.0. The number of urea groups is 1. The maximum Gasteiger partial charge on any atom is 0.323 e. The van der Waals surface area contributed by atoms with Crippen LogP contribution in [0.25, 0.3) is 0 Å². The zero-order chi connectivity index (χ0) is 36.1. The molecule has 4 N–H and O–H groups in total. The van der Waals surface area contributed by atoms with E-state index < -0.39 is 6.04 Å². The fourth-order valence-corrected chi connectivity index (χ4v) is 5.95. The lowest BCUT2D eigenvalue weighted by Crippen LogP contribution is -2.52. The number of amides is 5. The van der Waals surface area contributed by atoms with Crippen LogP contribution < -0.4 is 21.3 Å². The molecule has 1 unspecified atom stereocenters. The summed E-state index contributed by atoms with van der Waals surface area (Å²) in [7, 11) is 5.30. The highest BCUT2D eigenvalue weighted by atomic mass is 16.2. The molecule has 1 aliphatic rings. The van der Waals surface area contributed by atoms with Crippen LogP contribution in [0.2, 0.25) is 0 Å². The van der Waals surface area contributed by atoms with Gasteiger partial charge in [-0.05, 0) is 74.4 Å². The number of likely N-dealkylation sites (tertiary alicyclic amines) is 1.